The van der Waals surface area contributed by atoms with Gasteiger partial charge in [-0.1, -0.05) is 11.8 Å². The number of rotatable bonds is 4. The number of hydrogen-bond donors (Lipinski definition) is 1. The first-order valence-electron chi connectivity index (χ1n) is 6.72. The minimum atomic E-state index is -0.815. The fourth-order valence-electron chi connectivity index (χ4n) is 3.17. The van der Waals surface area contributed by atoms with E-state index in [1.165, 1.54) is 31.1 Å². The molecule has 0 aromatic carbocycles. The van der Waals surface area contributed by atoms with E-state index in [1.807, 2.05) is 0 Å². The van der Waals surface area contributed by atoms with Crippen molar-refractivity contribution in [2.24, 2.45) is 0 Å². The zero-order valence-electron chi connectivity index (χ0n) is 10.7. The van der Waals surface area contributed by atoms with Gasteiger partial charge in [0.15, 0.2) is 5.16 Å². The van der Waals surface area contributed by atoms with Gasteiger partial charge < -0.3 is 14.6 Å². The van der Waals surface area contributed by atoms with Gasteiger partial charge in [-0.05, 0) is 32.2 Å². The Labute approximate surface area is 116 Å². The molecule has 1 aromatic heterocycles. The van der Waals surface area contributed by atoms with Crippen LogP contribution in [0.5, 0.6) is 0 Å². The molecular formula is C12H18N4O2S. The first-order valence-corrected chi connectivity index (χ1v) is 7.71. The van der Waals surface area contributed by atoms with Gasteiger partial charge in [-0.3, -0.25) is 4.79 Å². The summed E-state index contributed by atoms with van der Waals surface area (Å²) in [5, 5.41) is 17.5. The molecular weight excluding hydrogens is 264 g/mol. The van der Waals surface area contributed by atoms with Crippen molar-refractivity contribution in [3.8, 4) is 0 Å². The van der Waals surface area contributed by atoms with E-state index >= 15 is 0 Å². The van der Waals surface area contributed by atoms with E-state index < -0.39 is 5.97 Å². The lowest BCUT2D eigenvalue weighted by Crippen LogP contribution is -2.38. The summed E-state index contributed by atoms with van der Waals surface area (Å²) in [6, 6.07) is 1.11. The molecule has 7 heteroatoms. The van der Waals surface area contributed by atoms with Crippen LogP contribution in [0.15, 0.2) is 11.5 Å². The summed E-state index contributed by atoms with van der Waals surface area (Å²) in [5.41, 5.74) is 0. The van der Waals surface area contributed by atoms with E-state index in [4.69, 9.17) is 5.11 Å². The van der Waals surface area contributed by atoms with Crippen LogP contribution in [0.1, 0.15) is 31.7 Å². The number of aromatic nitrogens is 3. The monoisotopic (exact) mass is 282 g/mol. The van der Waals surface area contributed by atoms with E-state index in [0.717, 1.165) is 24.5 Å². The molecule has 2 atom stereocenters. The van der Waals surface area contributed by atoms with Crippen LogP contribution in [0.4, 0.5) is 0 Å². The molecule has 2 aliphatic rings. The van der Waals surface area contributed by atoms with Gasteiger partial charge in [-0.2, -0.15) is 0 Å². The summed E-state index contributed by atoms with van der Waals surface area (Å²) >= 11 is 1.26. The maximum atomic E-state index is 10.6. The van der Waals surface area contributed by atoms with Crippen LogP contribution in [0.3, 0.4) is 0 Å². The van der Waals surface area contributed by atoms with E-state index in [9.17, 15) is 4.79 Å². The van der Waals surface area contributed by atoms with Crippen molar-refractivity contribution in [3.05, 3.63) is 6.33 Å². The van der Waals surface area contributed by atoms with Crippen LogP contribution < -0.4 is 0 Å². The molecule has 3 heterocycles. The molecule has 6 nitrogen and oxygen atoms in total. The maximum absolute atomic E-state index is 10.6. The average molecular weight is 282 g/mol. The summed E-state index contributed by atoms with van der Waals surface area (Å²) in [6.45, 7) is 2.37. The summed E-state index contributed by atoms with van der Waals surface area (Å²) < 4.78 is 2.07. The molecule has 2 fully saturated rings. The molecule has 104 valence electrons. The van der Waals surface area contributed by atoms with Crippen LogP contribution in [-0.2, 0) is 4.79 Å². The van der Waals surface area contributed by atoms with Crippen molar-refractivity contribution in [1.82, 2.24) is 19.7 Å². The number of carboxylic acid groups (broad SMARTS) is 1. The molecule has 1 aromatic rings. The Morgan fingerprint density at radius 3 is 3.16 bits per heavy atom. The lowest BCUT2D eigenvalue weighted by atomic mass is 9.97. The number of carboxylic acids is 1. The normalized spacial score (nSPS) is 27.4. The van der Waals surface area contributed by atoms with Crippen molar-refractivity contribution in [2.75, 3.05) is 18.8 Å². The second kappa shape index (κ2) is 5.50. The van der Waals surface area contributed by atoms with Crippen molar-refractivity contribution >= 4 is 17.7 Å². The maximum Gasteiger partial charge on any atom is 0.313 e. The summed E-state index contributed by atoms with van der Waals surface area (Å²) in [6.07, 6.45) is 6.59. The highest BCUT2D eigenvalue weighted by atomic mass is 32.2. The van der Waals surface area contributed by atoms with Crippen molar-refractivity contribution < 1.29 is 9.90 Å². The van der Waals surface area contributed by atoms with E-state index in [0.29, 0.717) is 12.1 Å². The van der Waals surface area contributed by atoms with Crippen molar-refractivity contribution in [1.29, 1.82) is 0 Å². The highest BCUT2D eigenvalue weighted by Crippen LogP contribution is 2.34. The van der Waals surface area contributed by atoms with Crippen molar-refractivity contribution in [3.63, 3.8) is 0 Å². The highest BCUT2D eigenvalue weighted by molar-refractivity contribution is 7.99. The Bertz CT molecular complexity index is 464. The number of hydrogen-bond acceptors (Lipinski definition) is 5. The largest absolute Gasteiger partial charge is 0.481 e. The standard InChI is InChI=1S/C12H18N4O2S/c17-11(18)7-19-12-14-13-8-16(12)10-3-5-15-4-1-2-9(15)6-10/h8-10H,1-7H2,(H,17,18). The molecule has 2 aliphatic heterocycles. The quantitative estimate of drug-likeness (QED) is 0.838. The third kappa shape index (κ3) is 2.76. The SMILES string of the molecule is O=C(O)CSc1nncn1C1CCN2CCCC2C1. The molecule has 0 amide bonds. The number of carbonyl (C=O) groups is 1. The molecule has 0 aliphatic carbocycles. The van der Waals surface area contributed by atoms with Gasteiger partial charge in [0.05, 0.1) is 5.75 Å². The zero-order valence-corrected chi connectivity index (χ0v) is 11.6. The summed E-state index contributed by atoms with van der Waals surface area (Å²) in [4.78, 5) is 13.2. The van der Waals surface area contributed by atoms with Gasteiger partial charge in [0, 0.05) is 18.6 Å². The second-order valence-corrected chi connectivity index (χ2v) is 6.16. The van der Waals surface area contributed by atoms with Crippen LogP contribution in [-0.4, -0.2) is 55.6 Å². The fraction of sp³-hybridized carbons (Fsp3) is 0.750. The molecule has 2 unspecified atom stereocenters. The highest BCUT2D eigenvalue weighted by Gasteiger charge is 2.33. The van der Waals surface area contributed by atoms with Crippen LogP contribution in [0.2, 0.25) is 0 Å². The van der Waals surface area contributed by atoms with Crippen LogP contribution >= 0.6 is 11.8 Å². The van der Waals surface area contributed by atoms with Gasteiger partial charge in [0.1, 0.15) is 6.33 Å². The van der Waals surface area contributed by atoms with Crippen LogP contribution in [0.25, 0.3) is 0 Å². The first kappa shape index (κ1) is 12.9. The third-order valence-corrected chi connectivity index (χ3v) is 4.99. The number of aliphatic carboxylic acids is 1. The smallest absolute Gasteiger partial charge is 0.313 e. The molecule has 0 saturated carbocycles. The lowest BCUT2D eigenvalue weighted by Gasteiger charge is -2.35. The minimum absolute atomic E-state index is 0.0426. The number of fused-ring (bicyclic) bond motifs is 1. The first-order chi connectivity index (χ1) is 9.24. The Morgan fingerprint density at radius 1 is 1.42 bits per heavy atom. The third-order valence-electron chi connectivity index (χ3n) is 4.05. The number of nitrogens with zero attached hydrogens (tertiary/aromatic N) is 4. The van der Waals surface area contributed by atoms with Gasteiger partial charge in [0.25, 0.3) is 0 Å². The summed E-state index contributed by atoms with van der Waals surface area (Å²) in [5.74, 6) is -0.772. The van der Waals surface area contributed by atoms with Gasteiger partial charge in [0.2, 0.25) is 0 Å². The molecule has 0 radical (unpaired) electrons. The topological polar surface area (TPSA) is 71.2 Å². The van der Waals surface area contributed by atoms with E-state index in [-0.39, 0.29) is 5.75 Å². The minimum Gasteiger partial charge on any atom is -0.481 e. The molecule has 0 bridgehead atoms. The molecule has 3 rings (SSSR count). The zero-order chi connectivity index (χ0) is 13.2. The Hall–Kier alpha value is -1.08. The Balaban J connectivity index is 1.68. The lowest BCUT2D eigenvalue weighted by molar-refractivity contribution is -0.133. The molecule has 1 N–H and O–H groups in total. The molecule has 19 heavy (non-hydrogen) atoms. The summed E-state index contributed by atoms with van der Waals surface area (Å²) in [7, 11) is 0. The molecule has 0 spiro atoms. The number of thioether (sulfide) groups is 1. The number of piperidine rings is 1. The molecule has 2 saturated heterocycles. The predicted molar refractivity (Wildman–Crippen MR) is 71.2 cm³/mol. The van der Waals surface area contributed by atoms with E-state index in [2.05, 4.69) is 19.7 Å². The van der Waals surface area contributed by atoms with E-state index in [1.54, 1.807) is 6.33 Å². The van der Waals surface area contributed by atoms with Gasteiger partial charge in [-0.25, -0.2) is 0 Å². The van der Waals surface area contributed by atoms with Gasteiger partial charge >= 0.3 is 5.97 Å². The predicted octanol–water partition coefficient (Wildman–Crippen LogP) is 1.25. The Morgan fingerprint density at radius 2 is 2.32 bits per heavy atom. The van der Waals surface area contributed by atoms with Gasteiger partial charge in [-0.15, -0.1) is 10.2 Å². The average Bonchev–Trinajstić information content (AvgIpc) is 3.04. The van der Waals surface area contributed by atoms with Crippen LogP contribution in [0, 0.1) is 0 Å². The van der Waals surface area contributed by atoms with Crippen molar-refractivity contribution in [2.45, 2.75) is 42.9 Å². The fourth-order valence-corrected chi connectivity index (χ4v) is 3.87. The Kier molecular flexibility index (Phi) is 3.74. The second-order valence-electron chi connectivity index (χ2n) is 5.21.